The summed E-state index contributed by atoms with van der Waals surface area (Å²) in [5, 5.41) is 30.5. The van der Waals surface area contributed by atoms with Gasteiger partial charge in [0, 0.05) is 17.2 Å². The van der Waals surface area contributed by atoms with Crippen LogP contribution in [-0.2, 0) is 0 Å². The highest BCUT2D eigenvalue weighted by Crippen LogP contribution is 2.24. The fourth-order valence-electron chi connectivity index (χ4n) is 2.33. The van der Waals surface area contributed by atoms with Gasteiger partial charge in [0.15, 0.2) is 5.82 Å². The largest absolute Gasteiger partial charge is 0.508 e. The number of aromatic amines is 1. The van der Waals surface area contributed by atoms with Crippen LogP contribution in [0, 0.1) is 4.77 Å². The maximum Gasteiger partial charge on any atom is 0.216 e. The van der Waals surface area contributed by atoms with Gasteiger partial charge >= 0.3 is 0 Å². The Morgan fingerprint density at radius 3 is 2.77 bits per heavy atom. The van der Waals surface area contributed by atoms with Crippen molar-refractivity contribution in [3.8, 4) is 28.6 Å². The molecule has 134 valence electrons. The summed E-state index contributed by atoms with van der Waals surface area (Å²) in [7, 11) is 0. The molecule has 0 saturated heterocycles. The topological polar surface area (TPSA) is 95.7 Å². The molecule has 0 amide bonds. The van der Waals surface area contributed by atoms with Crippen LogP contribution in [0.5, 0.6) is 17.2 Å². The van der Waals surface area contributed by atoms with Crippen molar-refractivity contribution in [2.45, 2.75) is 20.0 Å². The molecular formula is C18H18N4O3S. The summed E-state index contributed by atoms with van der Waals surface area (Å²) < 4.78 is 7.48. The molecule has 0 saturated carbocycles. The van der Waals surface area contributed by atoms with E-state index in [-0.39, 0.29) is 17.6 Å². The Morgan fingerprint density at radius 1 is 1.23 bits per heavy atom. The predicted octanol–water partition coefficient (Wildman–Crippen LogP) is 3.69. The van der Waals surface area contributed by atoms with Gasteiger partial charge < -0.3 is 14.9 Å². The minimum atomic E-state index is -0.0855. The number of phenols is 2. The van der Waals surface area contributed by atoms with E-state index in [0.717, 1.165) is 11.3 Å². The standard InChI is InChI=1S/C18H18N4O3S/c1-11(2)25-15-5-3-4-12(8-15)17-20-21-18(26)22(17)19-10-13-6-7-14(23)9-16(13)24/h3-11,23-24H,1-2H3,(H,21,26)/b19-10-. The highest BCUT2D eigenvalue weighted by atomic mass is 32.1. The lowest BCUT2D eigenvalue weighted by Crippen LogP contribution is -2.05. The number of ether oxygens (including phenoxy) is 1. The van der Waals surface area contributed by atoms with Crippen LogP contribution in [0.4, 0.5) is 0 Å². The molecule has 1 heterocycles. The summed E-state index contributed by atoms with van der Waals surface area (Å²) >= 11 is 5.24. The van der Waals surface area contributed by atoms with Gasteiger partial charge in [0.2, 0.25) is 4.77 Å². The van der Waals surface area contributed by atoms with Gasteiger partial charge in [-0.2, -0.15) is 14.9 Å². The third kappa shape index (κ3) is 3.92. The molecule has 0 fully saturated rings. The molecule has 3 aromatic rings. The fourth-order valence-corrected chi connectivity index (χ4v) is 2.51. The number of nitrogens with one attached hydrogen (secondary N) is 1. The lowest BCUT2D eigenvalue weighted by Gasteiger charge is -2.10. The van der Waals surface area contributed by atoms with Crippen molar-refractivity contribution >= 4 is 18.4 Å². The molecule has 3 N–H and O–H groups in total. The van der Waals surface area contributed by atoms with Gasteiger partial charge in [0.25, 0.3) is 0 Å². The Kier molecular flexibility index (Phi) is 5.04. The van der Waals surface area contributed by atoms with E-state index in [9.17, 15) is 10.2 Å². The first-order valence-corrected chi connectivity index (χ1v) is 8.35. The second-order valence-electron chi connectivity index (χ2n) is 5.85. The Hall–Kier alpha value is -3.13. The number of hydrogen-bond acceptors (Lipinski definition) is 6. The number of benzene rings is 2. The molecule has 26 heavy (non-hydrogen) atoms. The van der Waals surface area contributed by atoms with Crippen LogP contribution in [0.25, 0.3) is 11.4 Å². The summed E-state index contributed by atoms with van der Waals surface area (Å²) in [6, 6.07) is 11.7. The number of hydrogen-bond donors (Lipinski definition) is 3. The van der Waals surface area contributed by atoms with E-state index in [1.54, 1.807) is 6.07 Å². The smallest absolute Gasteiger partial charge is 0.216 e. The fraction of sp³-hybridized carbons (Fsp3) is 0.167. The van der Waals surface area contributed by atoms with E-state index in [4.69, 9.17) is 17.0 Å². The first-order valence-electron chi connectivity index (χ1n) is 7.95. The molecule has 8 heteroatoms. The number of H-pyrrole nitrogens is 1. The second-order valence-corrected chi connectivity index (χ2v) is 6.23. The minimum absolute atomic E-state index is 0.0257. The first kappa shape index (κ1) is 17.7. The van der Waals surface area contributed by atoms with E-state index >= 15 is 0 Å². The normalized spacial score (nSPS) is 11.3. The van der Waals surface area contributed by atoms with E-state index in [2.05, 4.69) is 15.3 Å². The van der Waals surface area contributed by atoms with Crippen molar-refractivity contribution in [1.82, 2.24) is 14.9 Å². The molecule has 0 radical (unpaired) electrons. The van der Waals surface area contributed by atoms with Crippen LogP contribution >= 0.6 is 12.2 Å². The second kappa shape index (κ2) is 7.40. The van der Waals surface area contributed by atoms with Gasteiger partial charge in [-0.05, 0) is 50.3 Å². The Labute approximate surface area is 155 Å². The van der Waals surface area contributed by atoms with Crippen molar-refractivity contribution < 1.29 is 14.9 Å². The van der Waals surface area contributed by atoms with E-state index < -0.39 is 0 Å². The molecule has 2 aromatic carbocycles. The summed E-state index contributed by atoms with van der Waals surface area (Å²) in [5.74, 6) is 1.12. The zero-order valence-corrected chi connectivity index (χ0v) is 15.1. The molecule has 7 nitrogen and oxygen atoms in total. The Balaban J connectivity index is 1.97. The molecule has 0 aliphatic rings. The summed E-state index contributed by atoms with van der Waals surface area (Å²) in [5.41, 5.74) is 1.22. The zero-order chi connectivity index (χ0) is 18.7. The third-order valence-electron chi connectivity index (χ3n) is 3.44. The number of phenolic OH excluding ortho intramolecular Hbond substituents is 2. The summed E-state index contributed by atoms with van der Waals surface area (Å²) in [4.78, 5) is 0. The molecule has 1 aromatic heterocycles. The van der Waals surface area contributed by atoms with Gasteiger partial charge in [-0.1, -0.05) is 12.1 Å². The van der Waals surface area contributed by atoms with Crippen molar-refractivity contribution in [2.75, 3.05) is 0 Å². The van der Waals surface area contributed by atoms with Crippen molar-refractivity contribution in [3.05, 3.63) is 52.8 Å². The van der Waals surface area contributed by atoms with Crippen molar-refractivity contribution in [1.29, 1.82) is 0 Å². The maximum atomic E-state index is 9.87. The molecule has 0 aliphatic carbocycles. The number of aromatic nitrogens is 3. The minimum Gasteiger partial charge on any atom is -0.508 e. The SMILES string of the molecule is CC(C)Oc1cccc(-c2n[nH]c(=S)n2/N=C\c2ccc(O)cc2O)c1. The highest BCUT2D eigenvalue weighted by molar-refractivity contribution is 7.71. The van der Waals surface area contributed by atoms with E-state index in [0.29, 0.717) is 16.2 Å². The highest BCUT2D eigenvalue weighted by Gasteiger charge is 2.10. The van der Waals surface area contributed by atoms with Crippen LogP contribution in [0.2, 0.25) is 0 Å². The average Bonchev–Trinajstić information content (AvgIpc) is 2.94. The molecule has 0 aliphatic heterocycles. The van der Waals surface area contributed by atoms with Gasteiger partial charge in [0.1, 0.15) is 17.2 Å². The van der Waals surface area contributed by atoms with Crippen molar-refractivity contribution in [3.63, 3.8) is 0 Å². The number of nitrogens with zero attached hydrogens (tertiary/aromatic N) is 3. The Bertz CT molecular complexity index is 1010. The predicted molar refractivity (Wildman–Crippen MR) is 101 cm³/mol. The lowest BCUT2D eigenvalue weighted by molar-refractivity contribution is 0.242. The van der Waals surface area contributed by atoms with Gasteiger partial charge in [-0.3, -0.25) is 0 Å². The molecular weight excluding hydrogens is 352 g/mol. The monoisotopic (exact) mass is 370 g/mol. The van der Waals surface area contributed by atoms with E-state index in [1.807, 2.05) is 38.1 Å². The third-order valence-corrected chi connectivity index (χ3v) is 3.70. The van der Waals surface area contributed by atoms with Gasteiger partial charge in [-0.25, -0.2) is 5.10 Å². The number of aromatic hydroxyl groups is 2. The first-order chi connectivity index (χ1) is 12.4. The molecule has 0 bridgehead atoms. The van der Waals surface area contributed by atoms with Crippen LogP contribution in [-0.4, -0.2) is 37.4 Å². The molecule has 0 unspecified atom stereocenters. The molecule has 3 rings (SSSR count). The summed E-state index contributed by atoms with van der Waals surface area (Å²) in [6.07, 6.45) is 1.50. The van der Waals surface area contributed by atoms with Gasteiger partial charge in [0.05, 0.1) is 12.3 Å². The maximum absolute atomic E-state index is 9.87. The average molecular weight is 370 g/mol. The number of rotatable bonds is 5. The van der Waals surface area contributed by atoms with Crippen molar-refractivity contribution in [2.24, 2.45) is 5.10 Å². The van der Waals surface area contributed by atoms with Gasteiger partial charge in [-0.15, -0.1) is 0 Å². The zero-order valence-electron chi connectivity index (χ0n) is 14.2. The van der Waals surface area contributed by atoms with E-state index in [1.165, 1.54) is 23.0 Å². The molecule has 0 atom stereocenters. The Morgan fingerprint density at radius 2 is 2.04 bits per heavy atom. The quantitative estimate of drug-likeness (QED) is 0.470. The van der Waals surface area contributed by atoms with Crippen LogP contribution in [0.3, 0.4) is 0 Å². The lowest BCUT2D eigenvalue weighted by atomic mass is 10.2. The van der Waals surface area contributed by atoms with Crippen LogP contribution in [0.15, 0.2) is 47.6 Å². The van der Waals surface area contributed by atoms with Crippen LogP contribution < -0.4 is 4.74 Å². The summed E-state index contributed by atoms with van der Waals surface area (Å²) in [6.45, 7) is 3.91. The molecule has 0 spiro atoms. The van der Waals surface area contributed by atoms with Crippen LogP contribution in [0.1, 0.15) is 19.4 Å².